The van der Waals surface area contributed by atoms with Gasteiger partial charge in [0.25, 0.3) is 0 Å². The van der Waals surface area contributed by atoms with Gasteiger partial charge in [0, 0.05) is 34.3 Å². The summed E-state index contributed by atoms with van der Waals surface area (Å²) in [5, 5.41) is 9.62. The number of benzene rings is 6. The summed E-state index contributed by atoms with van der Waals surface area (Å²) in [7, 11) is 0. The van der Waals surface area contributed by atoms with Crippen LogP contribution in [-0.2, 0) is 0 Å². The van der Waals surface area contributed by atoms with Gasteiger partial charge in [-0.3, -0.25) is 9.97 Å². The van der Waals surface area contributed by atoms with E-state index in [0.29, 0.717) is 0 Å². The van der Waals surface area contributed by atoms with Crippen molar-refractivity contribution in [2.45, 2.75) is 0 Å². The van der Waals surface area contributed by atoms with Crippen molar-refractivity contribution in [3.05, 3.63) is 188 Å². The summed E-state index contributed by atoms with van der Waals surface area (Å²) in [4.78, 5) is 24.8. The van der Waals surface area contributed by atoms with Crippen molar-refractivity contribution in [3.8, 4) is 56.4 Å². The molecule has 260 valence electrons. The molecule has 0 saturated heterocycles. The molecule has 5 heterocycles. The van der Waals surface area contributed by atoms with Crippen LogP contribution >= 0.6 is 0 Å². The van der Waals surface area contributed by atoms with Gasteiger partial charge in [-0.2, -0.15) is 0 Å². The molecule has 0 bridgehead atoms. The zero-order chi connectivity index (χ0) is 37.0. The van der Waals surface area contributed by atoms with E-state index in [9.17, 15) is 0 Å². The van der Waals surface area contributed by atoms with Crippen molar-refractivity contribution in [2.75, 3.05) is 0 Å². The molecule has 0 aliphatic heterocycles. The minimum Gasteiger partial charge on any atom is -0.255 e. The molecule has 0 atom stereocenters. The van der Waals surface area contributed by atoms with Crippen molar-refractivity contribution in [1.82, 2.24) is 24.9 Å². The van der Waals surface area contributed by atoms with Crippen LogP contribution in [0.15, 0.2) is 188 Å². The van der Waals surface area contributed by atoms with Gasteiger partial charge in [-0.25, -0.2) is 15.0 Å². The van der Waals surface area contributed by atoms with E-state index in [1.165, 1.54) is 32.3 Å². The molecule has 11 aromatic rings. The van der Waals surface area contributed by atoms with Gasteiger partial charge in [0.05, 0.1) is 45.2 Å². The summed E-state index contributed by atoms with van der Waals surface area (Å²) in [6, 6.07) is 61.4. The molecule has 0 unspecified atom stereocenters. The second-order valence-electron chi connectivity index (χ2n) is 14.1. The first-order valence-corrected chi connectivity index (χ1v) is 18.7. The maximum absolute atomic E-state index is 5.32. The lowest BCUT2D eigenvalue weighted by molar-refractivity contribution is 1.22. The Labute approximate surface area is 322 Å². The van der Waals surface area contributed by atoms with E-state index in [4.69, 9.17) is 15.0 Å². The maximum atomic E-state index is 5.32. The van der Waals surface area contributed by atoms with Gasteiger partial charge in [-0.05, 0) is 104 Å². The smallest absolute Gasteiger partial charge is 0.0972 e. The molecule has 0 spiro atoms. The minimum absolute atomic E-state index is 0.791. The van der Waals surface area contributed by atoms with Crippen LogP contribution in [0.5, 0.6) is 0 Å². The van der Waals surface area contributed by atoms with Crippen LogP contribution in [0.2, 0.25) is 0 Å². The summed E-state index contributed by atoms with van der Waals surface area (Å²) in [5.74, 6) is 0. The molecule has 5 nitrogen and oxygen atoms in total. The van der Waals surface area contributed by atoms with Crippen LogP contribution in [0, 0.1) is 0 Å². The van der Waals surface area contributed by atoms with Crippen LogP contribution in [0.1, 0.15) is 0 Å². The summed E-state index contributed by atoms with van der Waals surface area (Å²) in [6.07, 6.45) is 3.59. The third-order valence-corrected chi connectivity index (χ3v) is 10.7. The lowest BCUT2D eigenvalue weighted by Crippen LogP contribution is -1.94. The van der Waals surface area contributed by atoms with E-state index in [2.05, 4.69) is 149 Å². The number of hydrogen-bond acceptors (Lipinski definition) is 5. The molecule has 11 rings (SSSR count). The molecule has 0 aliphatic carbocycles. The third kappa shape index (κ3) is 5.45. The van der Waals surface area contributed by atoms with E-state index >= 15 is 0 Å². The SMILES string of the molecule is c1ccc(-c2cc(-c3cccc(-c4ccc5ccc6ccc(-c7ccc8c9ccccc9c9ccccc9c8c7)nc6c5n4)c3)cc(-c3ccccn3)n2)nc1. The van der Waals surface area contributed by atoms with Gasteiger partial charge in [-0.1, -0.05) is 115 Å². The minimum atomic E-state index is 0.791. The van der Waals surface area contributed by atoms with Crippen molar-refractivity contribution < 1.29 is 0 Å². The van der Waals surface area contributed by atoms with Gasteiger partial charge in [0.2, 0.25) is 0 Å². The van der Waals surface area contributed by atoms with Gasteiger partial charge < -0.3 is 0 Å². The molecule has 5 heteroatoms. The van der Waals surface area contributed by atoms with Crippen molar-refractivity contribution in [3.63, 3.8) is 0 Å². The molecule has 0 fully saturated rings. The molecule has 0 saturated carbocycles. The Morgan fingerprint density at radius 3 is 1.29 bits per heavy atom. The number of hydrogen-bond donors (Lipinski definition) is 0. The molecule has 5 aromatic heterocycles. The van der Waals surface area contributed by atoms with Crippen molar-refractivity contribution >= 4 is 54.1 Å². The van der Waals surface area contributed by atoms with Crippen molar-refractivity contribution in [2.24, 2.45) is 0 Å². The van der Waals surface area contributed by atoms with Crippen LogP contribution in [0.3, 0.4) is 0 Å². The largest absolute Gasteiger partial charge is 0.255 e. The fourth-order valence-corrected chi connectivity index (χ4v) is 8.00. The summed E-state index contributed by atoms with van der Waals surface area (Å²) in [5.41, 5.74) is 10.9. The second kappa shape index (κ2) is 13.0. The van der Waals surface area contributed by atoms with E-state index in [0.717, 1.165) is 78.2 Å². The Bertz CT molecular complexity index is 3210. The first-order valence-electron chi connectivity index (χ1n) is 18.7. The standard InChI is InChI=1S/C51H31N5/c1-2-14-40-38(12-1)39-13-3-4-15-41(39)43-29-36(20-23-42(40)43)45-25-22-33-19-18-32-21-24-44(55-50(32)51(33)56-45)35-11-9-10-34(28-35)37-30-48(46-16-5-7-26-52-46)54-49(31-37)47-17-6-8-27-53-47/h1-31H. The molecular weight excluding hydrogens is 683 g/mol. The average Bonchev–Trinajstić information content (AvgIpc) is 3.29. The Morgan fingerprint density at radius 2 is 0.732 bits per heavy atom. The van der Waals surface area contributed by atoms with Crippen LogP contribution in [0.4, 0.5) is 0 Å². The van der Waals surface area contributed by atoms with Gasteiger partial charge in [0.15, 0.2) is 0 Å². The van der Waals surface area contributed by atoms with Crippen LogP contribution in [0.25, 0.3) is 111 Å². The van der Waals surface area contributed by atoms with Crippen molar-refractivity contribution in [1.29, 1.82) is 0 Å². The highest BCUT2D eigenvalue weighted by Gasteiger charge is 2.14. The number of aromatic nitrogens is 5. The highest BCUT2D eigenvalue weighted by molar-refractivity contribution is 6.25. The van der Waals surface area contributed by atoms with E-state index in [-0.39, 0.29) is 0 Å². The first kappa shape index (κ1) is 31.9. The fourth-order valence-electron chi connectivity index (χ4n) is 8.00. The normalized spacial score (nSPS) is 11.6. The topological polar surface area (TPSA) is 64.5 Å². The first-order chi connectivity index (χ1) is 27.7. The molecule has 0 radical (unpaired) electrons. The molecule has 56 heavy (non-hydrogen) atoms. The van der Waals surface area contributed by atoms with Gasteiger partial charge in [0.1, 0.15) is 0 Å². The van der Waals surface area contributed by atoms with E-state index in [1.54, 1.807) is 12.4 Å². The number of nitrogens with zero attached hydrogens (tertiary/aromatic N) is 5. The number of rotatable bonds is 5. The van der Waals surface area contributed by atoms with E-state index < -0.39 is 0 Å². The lowest BCUT2D eigenvalue weighted by atomic mass is 9.93. The lowest BCUT2D eigenvalue weighted by Gasteiger charge is -2.12. The van der Waals surface area contributed by atoms with Gasteiger partial charge in [-0.15, -0.1) is 0 Å². The summed E-state index contributed by atoms with van der Waals surface area (Å²) >= 11 is 0. The summed E-state index contributed by atoms with van der Waals surface area (Å²) < 4.78 is 0. The predicted molar refractivity (Wildman–Crippen MR) is 230 cm³/mol. The fraction of sp³-hybridized carbons (Fsp3) is 0. The number of pyridine rings is 5. The predicted octanol–water partition coefficient (Wildman–Crippen LogP) is 12.8. The molecule has 6 aromatic carbocycles. The molecule has 0 N–H and O–H groups in total. The van der Waals surface area contributed by atoms with Crippen LogP contribution < -0.4 is 0 Å². The molecule has 0 amide bonds. The van der Waals surface area contributed by atoms with Gasteiger partial charge >= 0.3 is 0 Å². The number of fused-ring (bicyclic) bond motifs is 9. The maximum Gasteiger partial charge on any atom is 0.0972 e. The average molecular weight is 714 g/mol. The second-order valence-corrected chi connectivity index (χ2v) is 14.1. The zero-order valence-electron chi connectivity index (χ0n) is 30.1. The highest BCUT2D eigenvalue weighted by Crippen LogP contribution is 2.38. The Balaban J connectivity index is 1.02. The monoisotopic (exact) mass is 713 g/mol. The Kier molecular flexibility index (Phi) is 7.42. The summed E-state index contributed by atoms with van der Waals surface area (Å²) in [6.45, 7) is 0. The third-order valence-electron chi connectivity index (χ3n) is 10.7. The Hall–Kier alpha value is -7.63. The quantitative estimate of drug-likeness (QED) is 0.166. The highest BCUT2D eigenvalue weighted by atomic mass is 14.8. The van der Waals surface area contributed by atoms with E-state index in [1.807, 2.05) is 36.4 Å². The molecule has 0 aliphatic rings. The Morgan fingerprint density at radius 1 is 0.250 bits per heavy atom. The zero-order valence-corrected chi connectivity index (χ0v) is 30.1. The van der Waals surface area contributed by atoms with Crippen LogP contribution in [-0.4, -0.2) is 24.9 Å². The molecular formula is C51H31N5.